The predicted molar refractivity (Wildman–Crippen MR) is 64.4 cm³/mol. The molecule has 0 aromatic heterocycles. The van der Waals surface area contributed by atoms with E-state index < -0.39 is 0 Å². The Balaban J connectivity index is 3.03. The van der Waals surface area contributed by atoms with E-state index in [9.17, 15) is 0 Å². The van der Waals surface area contributed by atoms with E-state index in [-0.39, 0.29) is 0 Å². The monoisotopic (exact) mass is 268 g/mol. The van der Waals surface area contributed by atoms with Crippen molar-refractivity contribution in [3.63, 3.8) is 0 Å². The molecule has 1 aromatic carbocycles. The van der Waals surface area contributed by atoms with Gasteiger partial charge in [-0.05, 0) is 24.1 Å². The molecule has 0 radical (unpaired) electrons. The van der Waals surface area contributed by atoms with Crippen LogP contribution >= 0.6 is 15.9 Å². The van der Waals surface area contributed by atoms with Gasteiger partial charge in [0.2, 0.25) is 0 Å². The third-order valence-electron chi connectivity index (χ3n) is 2.09. The van der Waals surface area contributed by atoms with Gasteiger partial charge in [0.1, 0.15) is 0 Å². The first kappa shape index (κ1) is 11.9. The van der Waals surface area contributed by atoms with Crippen molar-refractivity contribution in [1.82, 2.24) is 0 Å². The van der Waals surface area contributed by atoms with Crippen molar-refractivity contribution in [2.24, 2.45) is 0 Å². The molecule has 0 bridgehead atoms. The average Bonchev–Trinajstić information content (AvgIpc) is 2.27. The Bertz CT molecular complexity index is 380. The fraction of sp³-hybridized carbons (Fsp3) is 0.333. The van der Waals surface area contributed by atoms with Crippen LogP contribution in [0.1, 0.15) is 12.0 Å². The summed E-state index contributed by atoms with van der Waals surface area (Å²) in [6, 6.07) is 3.84. The molecule has 0 fully saturated rings. The molecule has 3 heteroatoms. The second-order valence-corrected chi connectivity index (χ2v) is 3.86. The average molecular weight is 269 g/mol. The molecule has 2 nitrogen and oxygen atoms in total. The summed E-state index contributed by atoms with van der Waals surface area (Å²) in [4.78, 5) is 0. The number of benzene rings is 1. The summed E-state index contributed by atoms with van der Waals surface area (Å²) >= 11 is 3.48. The van der Waals surface area contributed by atoms with Crippen molar-refractivity contribution in [2.75, 3.05) is 14.2 Å². The topological polar surface area (TPSA) is 18.5 Å². The summed E-state index contributed by atoms with van der Waals surface area (Å²) in [6.07, 6.45) is 6.78. The van der Waals surface area contributed by atoms with Crippen LogP contribution in [0.15, 0.2) is 16.6 Å². The lowest BCUT2D eigenvalue weighted by atomic mass is 10.1. The van der Waals surface area contributed by atoms with E-state index in [0.29, 0.717) is 12.2 Å². The van der Waals surface area contributed by atoms with Crippen LogP contribution < -0.4 is 9.47 Å². The summed E-state index contributed by atoms with van der Waals surface area (Å²) in [7, 11) is 3.24. The molecule has 1 rings (SSSR count). The number of terminal acetylenes is 1. The van der Waals surface area contributed by atoms with Crippen molar-refractivity contribution >= 4 is 15.9 Å². The van der Waals surface area contributed by atoms with Crippen LogP contribution in [-0.4, -0.2) is 14.2 Å². The van der Waals surface area contributed by atoms with E-state index in [4.69, 9.17) is 15.9 Å². The molecule has 0 unspecified atom stereocenters. The molecule has 80 valence electrons. The lowest BCUT2D eigenvalue weighted by Crippen LogP contribution is -1.94. The molecule has 0 spiro atoms. The van der Waals surface area contributed by atoms with Crippen LogP contribution in [0.25, 0.3) is 0 Å². The Labute approximate surface area is 98.7 Å². The highest BCUT2D eigenvalue weighted by molar-refractivity contribution is 9.10. The molecule has 0 aliphatic carbocycles. The number of hydrogen-bond acceptors (Lipinski definition) is 2. The van der Waals surface area contributed by atoms with Crippen molar-refractivity contribution in [2.45, 2.75) is 12.8 Å². The summed E-state index contributed by atoms with van der Waals surface area (Å²) in [6.45, 7) is 0. The van der Waals surface area contributed by atoms with Gasteiger partial charge in [0, 0.05) is 10.9 Å². The first-order valence-electron chi connectivity index (χ1n) is 4.56. The SMILES string of the molecule is C#CCCc1cc(OC)c(OC)cc1Br. The van der Waals surface area contributed by atoms with E-state index in [2.05, 4.69) is 21.9 Å². The van der Waals surface area contributed by atoms with Gasteiger partial charge in [-0.25, -0.2) is 0 Å². The lowest BCUT2D eigenvalue weighted by Gasteiger charge is -2.11. The zero-order valence-electron chi connectivity index (χ0n) is 8.84. The zero-order chi connectivity index (χ0) is 11.3. The molecule has 0 saturated heterocycles. The zero-order valence-corrected chi connectivity index (χ0v) is 10.4. The quantitative estimate of drug-likeness (QED) is 0.782. The van der Waals surface area contributed by atoms with Crippen molar-refractivity contribution in [1.29, 1.82) is 0 Å². The van der Waals surface area contributed by atoms with Crippen LogP contribution in [0, 0.1) is 12.3 Å². The second kappa shape index (κ2) is 5.67. The number of ether oxygens (including phenoxy) is 2. The molecule has 1 aromatic rings. The number of halogens is 1. The number of methoxy groups -OCH3 is 2. The number of hydrogen-bond donors (Lipinski definition) is 0. The van der Waals surface area contributed by atoms with Gasteiger partial charge in [-0.15, -0.1) is 12.3 Å². The van der Waals surface area contributed by atoms with E-state index in [0.717, 1.165) is 22.2 Å². The Hall–Kier alpha value is -1.14. The largest absolute Gasteiger partial charge is 0.493 e. The van der Waals surface area contributed by atoms with Crippen molar-refractivity contribution in [3.05, 3.63) is 22.2 Å². The highest BCUT2D eigenvalue weighted by atomic mass is 79.9. The van der Waals surface area contributed by atoms with Gasteiger partial charge in [0.05, 0.1) is 14.2 Å². The molecule has 15 heavy (non-hydrogen) atoms. The van der Waals surface area contributed by atoms with E-state index in [1.807, 2.05) is 12.1 Å². The molecule has 0 saturated carbocycles. The minimum absolute atomic E-state index is 0.716. The highest BCUT2D eigenvalue weighted by Crippen LogP contribution is 2.33. The van der Waals surface area contributed by atoms with Gasteiger partial charge in [0.15, 0.2) is 11.5 Å². The molecule has 0 amide bonds. The van der Waals surface area contributed by atoms with Crippen LogP contribution in [0.2, 0.25) is 0 Å². The first-order valence-corrected chi connectivity index (χ1v) is 5.36. The molecular formula is C12H13BrO2. The highest BCUT2D eigenvalue weighted by Gasteiger charge is 2.08. The standard InChI is InChI=1S/C12H13BrO2/c1-4-5-6-9-7-11(14-2)12(15-3)8-10(9)13/h1,7-8H,5-6H2,2-3H3. The van der Waals surface area contributed by atoms with Gasteiger partial charge in [-0.3, -0.25) is 0 Å². The van der Waals surface area contributed by atoms with Gasteiger partial charge in [-0.2, -0.15) is 0 Å². The Kier molecular flexibility index (Phi) is 4.51. The fourth-order valence-electron chi connectivity index (χ4n) is 1.29. The third-order valence-corrected chi connectivity index (χ3v) is 2.83. The van der Waals surface area contributed by atoms with Crippen LogP contribution in [0.3, 0.4) is 0 Å². The summed E-state index contributed by atoms with van der Waals surface area (Å²) in [5.41, 5.74) is 1.13. The number of rotatable bonds is 4. The molecule has 0 aliphatic heterocycles. The Morgan fingerprint density at radius 2 is 1.87 bits per heavy atom. The maximum absolute atomic E-state index is 5.23. The molecule has 0 heterocycles. The van der Waals surface area contributed by atoms with E-state index >= 15 is 0 Å². The van der Waals surface area contributed by atoms with Gasteiger partial charge < -0.3 is 9.47 Å². The first-order chi connectivity index (χ1) is 7.22. The molecule has 0 atom stereocenters. The van der Waals surface area contributed by atoms with Crippen LogP contribution in [-0.2, 0) is 6.42 Å². The molecule has 0 N–H and O–H groups in total. The second-order valence-electron chi connectivity index (χ2n) is 3.00. The van der Waals surface area contributed by atoms with Crippen molar-refractivity contribution in [3.8, 4) is 23.8 Å². The van der Waals surface area contributed by atoms with E-state index in [1.165, 1.54) is 0 Å². The number of aryl methyl sites for hydroxylation is 1. The fourth-order valence-corrected chi connectivity index (χ4v) is 1.82. The maximum atomic E-state index is 5.23. The summed E-state index contributed by atoms with van der Waals surface area (Å²) in [5.74, 6) is 4.06. The Morgan fingerprint density at radius 3 is 2.40 bits per heavy atom. The van der Waals surface area contributed by atoms with Gasteiger partial charge in [0.25, 0.3) is 0 Å². The molecular weight excluding hydrogens is 256 g/mol. The minimum Gasteiger partial charge on any atom is -0.493 e. The van der Waals surface area contributed by atoms with Gasteiger partial charge >= 0.3 is 0 Å². The molecule has 0 aliphatic rings. The predicted octanol–water partition coefficient (Wildman–Crippen LogP) is 3.03. The van der Waals surface area contributed by atoms with Gasteiger partial charge in [-0.1, -0.05) is 15.9 Å². The lowest BCUT2D eigenvalue weighted by molar-refractivity contribution is 0.354. The Morgan fingerprint density at radius 1 is 1.27 bits per heavy atom. The summed E-state index contributed by atoms with van der Waals surface area (Å²) < 4.78 is 11.4. The van der Waals surface area contributed by atoms with Crippen LogP contribution in [0.5, 0.6) is 11.5 Å². The van der Waals surface area contributed by atoms with Crippen molar-refractivity contribution < 1.29 is 9.47 Å². The summed E-state index contributed by atoms with van der Waals surface area (Å²) in [5, 5.41) is 0. The third kappa shape index (κ3) is 2.90. The maximum Gasteiger partial charge on any atom is 0.161 e. The van der Waals surface area contributed by atoms with E-state index in [1.54, 1.807) is 14.2 Å². The normalized spacial score (nSPS) is 9.47. The van der Waals surface area contributed by atoms with Crippen LogP contribution in [0.4, 0.5) is 0 Å². The smallest absolute Gasteiger partial charge is 0.161 e. The minimum atomic E-state index is 0.716.